The first-order valence-electron chi connectivity index (χ1n) is 5.53. The van der Waals surface area contributed by atoms with Crippen LogP contribution in [-0.2, 0) is 14.6 Å². The van der Waals surface area contributed by atoms with E-state index < -0.39 is 21.5 Å². The minimum atomic E-state index is -3.30. The van der Waals surface area contributed by atoms with E-state index in [1.54, 1.807) is 25.3 Å². The van der Waals surface area contributed by atoms with Crippen molar-refractivity contribution in [2.24, 2.45) is 0 Å². The van der Waals surface area contributed by atoms with Crippen LogP contribution in [0.25, 0.3) is 0 Å². The second kappa shape index (κ2) is 5.86. The normalized spacial score (nSPS) is 11.1. The number of rotatable bonds is 5. The molecule has 1 rings (SSSR count). The minimum absolute atomic E-state index is 0.0396. The largest absolute Gasteiger partial charge is 0.496 e. The van der Waals surface area contributed by atoms with Gasteiger partial charge in [0.1, 0.15) is 11.5 Å². The maximum atomic E-state index is 11.5. The zero-order valence-electron chi connectivity index (χ0n) is 10.7. The van der Waals surface area contributed by atoms with Crippen molar-refractivity contribution in [3.05, 3.63) is 23.8 Å². The van der Waals surface area contributed by atoms with Gasteiger partial charge in [0.25, 0.3) is 0 Å². The number of carbonyl (C=O) groups is 1. The monoisotopic (exact) mass is 271 g/mol. The zero-order valence-corrected chi connectivity index (χ0v) is 11.5. The van der Waals surface area contributed by atoms with Crippen LogP contribution in [0.4, 0.5) is 5.69 Å². The van der Waals surface area contributed by atoms with E-state index in [2.05, 4.69) is 5.32 Å². The summed E-state index contributed by atoms with van der Waals surface area (Å²) < 4.78 is 27.7. The molecule has 0 unspecified atom stereocenters. The minimum Gasteiger partial charge on any atom is -0.496 e. The van der Waals surface area contributed by atoms with Crippen LogP contribution in [0.1, 0.15) is 12.5 Å². The maximum Gasteiger partial charge on any atom is 0.239 e. The second-order valence-electron chi connectivity index (χ2n) is 3.91. The number of benzene rings is 1. The van der Waals surface area contributed by atoms with E-state index in [1.165, 1.54) is 6.92 Å². The lowest BCUT2D eigenvalue weighted by molar-refractivity contribution is -0.113. The summed E-state index contributed by atoms with van der Waals surface area (Å²) in [6.07, 6.45) is 0. The van der Waals surface area contributed by atoms with Crippen LogP contribution in [0.5, 0.6) is 5.75 Å². The van der Waals surface area contributed by atoms with Crippen LogP contribution in [0.3, 0.4) is 0 Å². The molecule has 0 fully saturated rings. The van der Waals surface area contributed by atoms with Gasteiger partial charge in [-0.1, -0.05) is 6.92 Å². The van der Waals surface area contributed by atoms with E-state index in [4.69, 9.17) is 4.74 Å². The van der Waals surface area contributed by atoms with Crippen molar-refractivity contribution in [1.82, 2.24) is 0 Å². The summed E-state index contributed by atoms with van der Waals surface area (Å²) in [6, 6.07) is 5.12. The molecule has 0 aliphatic rings. The van der Waals surface area contributed by atoms with Gasteiger partial charge in [-0.3, -0.25) is 4.79 Å². The Balaban J connectivity index is 2.74. The number of ether oxygens (including phenoxy) is 1. The fourth-order valence-corrected chi connectivity index (χ4v) is 2.13. The highest BCUT2D eigenvalue weighted by molar-refractivity contribution is 7.92. The molecule has 0 aliphatic heterocycles. The highest BCUT2D eigenvalue weighted by Gasteiger charge is 2.14. The smallest absolute Gasteiger partial charge is 0.239 e. The average Bonchev–Trinajstić information content (AvgIpc) is 2.28. The van der Waals surface area contributed by atoms with E-state index in [0.717, 1.165) is 5.56 Å². The lowest BCUT2D eigenvalue weighted by atomic mass is 10.2. The molecule has 0 saturated carbocycles. The first-order chi connectivity index (χ1) is 8.38. The third-order valence-corrected chi connectivity index (χ3v) is 4.05. The number of hydrogen-bond donors (Lipinski definition) is 1. The molecule has 0 aromatic heterocycles. The van der Waals surface area contributed by atoms with Crippen molar-refractivity contribution in [2.45, 2.75) is 13.8 Å². The second-order valence-corrected chi connectivity index (χ2v) is 6.26. The van der Waals surface area contributed by atoms with Gasteiger partial charge in [-0.15, -0.1) is 0 Å². The molecule has 1 aromatic carbocycles. The summed E-state index contributed by atoms with van der Waals surface area (Å²) in [5, 5.41) is 2.55. The molecule has 18 heavy (non-hydrogen) atoms. The number of anilines is 1. The van der Waals surface area contributed by atoms with Crippen molar-refractivity contribution in [3.8, 4) is 5.75 Å². The van der Waals surface area contributed by atoms with Gasteiger partial charge in [-0.25, -0.2) is 8.42 Å². The van der Waals surface area contributed by atoms with Crippen LogP contribution in [0.15, 0.2) is 18.2 Å². The number of amides is 1. The van der Waals surface area contributed by atoms with Gasteiger partial charge in [0.2, 0.25) is 5.91 Å². The number of hydrogen-bond acceptors (Lipinski definition) is 4. The van der Waals surface area contributed by atoms with E-state index in [-0.39, 0.29) is 5.75 Å². The van der Waals surface area contributed by atoms with E-state index >= 15 is 0 Å². The highest BCUT2D eigenvalue weighted by Crippen LogP contribution is 2.21. The molecule has 1 N–H and O–H groups in total. The van der Waals surface area contributed by atoms with E-state index in [0.29, 0.717) is 11.4 Å². The summed E-state index contributed by atoms with van der Waals surface area (Å²) in [5.41, 5.74) is 1.43. The Bertz CT molecular complexity index is 537. The average molecular weight is 271 g/mol. The Kier molecular flexibility index (Phi) is 4.72. The number of nitrogens with one attached hydrogen (secondary N) is 1. The van der Waals surface area contributed by atoms with Gasteiger partial charge in [0.05, 0.1) is 7.11 Å². The Morgan fingerprint density at radius 2 is 2.06 bits per heavy atom. The van der Waals surface area contributed by atoms with E-state index in [1.807, 2.05) is 6.92 Å². The van der Waals surface area contributed by atoms with Crippen molar-refractivity contribution in [2.75, 3.05) is 23.9 Å². The van der Waals surface area contributed by atoms with Crippen LogP contribution in [0, 0.1) is 6.92 Å². The lowest BCUT2D eigenvalue weighted by Crippen LogP contribution is -2.23. The molecular weight excluding hydrogens is 254 g/mol. The van der Waals surface area contributed by atoms with Gasteiger partial charge in [-0.2, -0.15) is 0 Å². The summed E-state index contributed by atoms with van der Waals surface area (Å²) in [4.78, 5) is 11.5. The first-order valence-corrected chi connectivity index (χ1v) is 7.35. The molecule has 1 amide bonds. The Morgan fingerprint density at radius 1 is 1.39 bits per heavy atom. The van der Waals surface area contributed by atoms with Crippen LogP contribution < -0.4 is 10.1 Å². The molecule has 0 spiro atoms. The summed E-state index contributed by atoms with van der Waals surface area (Å²) >= 11 is 0. The number of carbonyl (C=O) groups excluding carboxylic acids is 1. The molecule has 0 aliphatic carbocycles. The Morgan fingerprint density at radius 3 is 2.56 bits per heavy atom. The van der Waals surface area contributed by atoms with Crippen LogP contribution in [-0.4, -0.2) is 32.9 Å². The van der Waals surface area contributed by atoms with Crippen LogP contribution >= 0.6 is 0 Å². The molecule has 1 aromatic rings. The predicted octanol–water partition coefficient (Wildman–Crippen LogP) is 1.38. The number of methoxy groups -OCH3 is 1. The van der Waals surface area contributed by atoms with Gasteiger partial charge >= 0.3 is 0 Å². The van der Waals surface area contributed by atoms with Gasteiger partial charge in [0, 0.05) is 11.4 Å². The van der Waals surface area contributed by atoms with Crippen molar-refractivity contribution in [3.63, 3.8) is 0 Å². The number of sulfone groups is 1. The highest BCUT2D eigenvalue weighted by atomic mass is 32.2. The first kappa shape index (κ1) is 14.5. The molecular formula is C12H17NO4S. The molecule has 5 nitrogen and oxygen atoms in total. The third kappa shape index (κ3) is 4.03. The SMILES string of the molecule is CCS(=O)(=O)CC(=O)Nc1ccc(OC)c(C)c1. The summed E-state index contributed by atoms with van der Waals surface area (Å²) in [6.45, 7) is 3.36. The molecule has 0 heterocycles. The number of aryl methyl sites for hydroxylation is 1. The Labute approximate surface area is 107 Å². The molecule has 0 saturated heterocycles. The molecule has 100 valence electrons. The molecule has 0 atom stereocenters. The van der Waals surface area contributed by atoms with Crippen molar-refractivity contribution in [1.29, 1.82) is 0 Å². The van der Waals surface area contributed by atoms with Gasteiger partial charge in [-0.05, 0) is 30.7 Å². The van der Waals surface area contributed by atoms with Gasteiger partial charge < -0.3 is 10.1 Å². The summed E-state index contributed by atoms with van der Waals surface area (Å²) in [7, 11) is -1.73. The quantitative estimate of drug-likeness (QED) is 0.878. The topological polar surface area (TPSA) is 72.5 Å². The maximum absolute atomic E-state index is 11.5. The standard InChI is InChI=1S/C12H17NO4S/c1-4-18(15,16)8-12(14)13-10-5-6-11(17-3)9(2)7-10/h5-7H,4,8H2,1-3H3,(H,13,14). The van der Waals surface area contributed by atoms with E-state index in [9.17, 15) is 13.2 Å². The molecule has 6 heteroatoms. The zero-order chi connectivity index (χ0) is 13.8. The van der Waals surface area contributed by atoms with Gasteiger partial charge in [0.15, 0.2) is 9.84 Å². The third-order valence-electron chi connectivity index (χ3n) is 2.47. The predicted molar refractivity (Wildman–Crippen MR) is 70.7 cm³/mol. The summed E-state index contributed by atoms with van der Waals surface area (Å²) in [5.74, 6) is -0.341. The molecule has 0 bridgehead atoms. The fourth-order valence-electron chi connectivity index (χ4n) is 1.46. The fraction of sp³-hybridized carbons (Fsp3) is 0.417. The van der Waals surface area contributed by atoms with Crippen molar-refractivity contribution < 1.29 is 17.9 Å². The van der Waals surface area contributed by atoms with Crippen molar-refractivity contribution >= 4 is 21.4 Å². The Hall–Kier alpha value is -1.56. The molecule has 0 radical (unpaired) electrons. The van der Waals surface area contributed by atoms with Crippen LogP contribution in [0.2, 0.25) is 0 Å². The lowest BCUT2D eigenvalue weighted by Gasteiger charge is -2.09.